The molecule has 110 valence electrons. The number of nitrogens with zero attached hydrogens (tertiary/aromatic N) is 3. The third kappa shape index (κ3) is 3.10. The summed E-state index contributed by atoms with van der Waals surface area (Å²) in [5, 5.41) is 0.662. The second kappa shape index (κ2) is 6.31. The van der Waals surface area contributed by atoms with Gasteiger partial charge >= 0.3 is 0 Å². The lowest BCUT2D eigenvalue weighted by Gasteiger charge is -2.20. The van der Waals surface area contributed by atoms with Crippen LogP contribution in [0.3, 0.4) is 0 Å². The van der Waals surface area contributed by atoms with Gasteiger partial charge in [-0.25, -0.2) is 4.98 Å². The molecular formula is C16H19ClN4. The first kappa shape index (κ1) is 14.1. The molecule has 5 heteroatoms. The lowest BCUT2D eigenvalue weighted by atomic mass is 10.1. The van der Waals surface area contributed by atoms with Crippen molar-refractivity contribution in [3.63, 3.8) is 0 Å². The van der Waals surface area contributed by atoms with Crippen LogP contribution in [-0.4, -0.2) is 23.1 Å². The van der Waals surface area contributed by atoms with Crippen LogP contribution < -0.4 is 10.6 Å². The van der Waals surface area contributed by atoms with Crippen molar-refractivity contribution in [3.8, 4) is 11.1 Å². The van der Waals surface area contributed by atoms with E-state index in [0.717, 1.165) is 30.2 Å². The lowest BCUT2D eigenvalue weighted by molar-refractivity contribution is 0.726. The van der Waals surface area contributed by atoms with E-state index in [9.17, 15) is 0 Å². The molecule has 0 radical (unpaired) electrons. The largest absolute Gasteiger partial charge is 0.383 e. The van der Waals surface area contributed by atoms with Crippen LogP contribution in [0.5, 0.6) is 0 Å². The Bertz CT molecular complexity index is 621. The molecule has 0 atom stereocenters. The van der Waals surface area contributed by atoms with Crippen LogP contribution in [0.1, 0.15) is 25.7 Å². The fourth-order valence-electron chi connectivity index (χ4n) is 2.70. The van der Waals surface area contributed by atoms with Crippen molar-refractivity contribution in [2.24, 2.45) is 0 Å². The highest BCUT2D eigenvalue weighted by Gasteiger charge is 2.15. The fourth-order valence-corrected chi connectivity index (χ4v) is 2.93. The molecule has 0 bridgehead atoms. The molecular weight excluding hydrogens is 284 g/mol. The zero-order valence-electron chi connectivity index (χ0n) is 11.9. The number of hydrogen-bond donors (Lipinski definition) is 1. The van der Waals surface area contributed by atoms with Crippen LogP contribution in [0.2, 0.25) is 5.02 Å². The number of nitrogens with two attached hydrogens (primary N) is 1. The van der Waals surface area contributed by atoms with Gasteiger partial charge in [-0.2, -0.15) is 4.98 Å². The minimum absolute atomic E-state index is 0.484. The van der Waals surface area contributed by atoms with Crippen LogP contribution in [0.25, 0.3) is 11.1 Å². The highest BCUT2D eigenvalue weighted by molar-refractivity contribution is 6.33. The molecule has 2 N–H and O–H groups in total. The summed E-state index contributed by atoms with van der Waals surface area (Å²) in [6.07, 6.45) is 6.72. The Morgan fingerprint density at radius 3 is 2.38 bits per heavy atom. The van der Waals surface area contributed by atoms with Crippen LogP contribution in [0.4, 0.5) is 11.8 Å². The number of aromatic nitrogens is 2. The number of benzene rings is 1. The summed E-state index contributed by atoms with van der Waals surface area (Å²) in [5.41, 5.74) is 7.80. The fraction of sp³-hybridized carbons (Fsp3) is 0.375. The molecule has 0 unspecified atom stereocenters. The molecule has 2 aromatic rings. The highest BCUT2D eigenvalue weighted by Crippen LogP contribution is 2.31. The summed E-state index contributed by atoms with van der Waals surface area (Å²) in [4.78, 5) is 11.2. The van der Waals surface area contributed by atoms with Gasteiger partial charge in [-0.1, -0.05) is 42.6 Å². The third-order valence-corrected chi connectivity index (χ3v) is 4.19. The standard InChI is InChI=1S/C16H19ClN4/c17-14-8-4-3-7-12(14)13-11-19-16(20-15(13)18)21-9-5-1-2-6-10-21/h3-4,7-8,11H,1-2,5-6,9-10H2,(H2,18,19,20). The smallest absolute Gasteiger partial charge is 0.227 e. The van der Waals surface area contributed by atoms with Crippen LogP contribution in [0.15, 0.2) is 30.5 Å². The van der Waals surface area contributed by atoms with E-state index in [2.05, 4.69) is 14.9 Å². The van der Waals surface area contributed by atoms with E-state index in [4.69, 9.17) is 17.3 Å². The quantitative estimate of drug-likeness (QED) is 0.917. The summed E-state index contributed by atoms with van der Waals surface area (Å²) in [6.45, 7) is 2.01. The molecule has 0 aliphatic carbocycles. The van der Waals surface area contributed by atoms with Gasteiger partial charge in [-0.15, -0.1) is 0 Å². The van der Waals surface area contributed by atoms with E-state index < -0.39 is 0 Å². The van der Waals surface area contributed by atoms with E-state index in [1.165, 1.54) is 25.7 Å². The van der Waals surface area contributed by atoms with Gasteiger partial charge < -0.3 is 10.6 Å². The maximum absolute atomic E-state index is 6.22. The summed E-state index contributed by atoms with van der Waals surface area (Å²) in [6, 6.07) is 7.61. The van der Waals surface area contributed by atoms with Gasteiger partial charge in [0.25, 0.3) is 0 Å². The molecule has 1 aliphatic heterocycles. The molecule has 0 saturated carbocycles. The summed E-state index contributed by atoms with van der Waals surface area (Å²) in [5.74, 6) is 1.21. The maximum atomic E-state index is 6.22. The Kier molecular flexibility index (Phi) is 4.25. The number of halogens is 1. The molecule has 3 rings (SSSR count). The average Bonchev–Trinajstić information content (AvgIpc) is 2.77. The van der Waals surface area contributed by atoms with Crippen molar-refractivity contribution in [2.45, 2.75) is 25.7 Å². The van der Waals surface area contributed by atoms with Gasteiger partial charge in [0.05, 0.1) is 0 Å². The molecule has 4 nitrogen and oxygen atoms in total. The number of anilines is 2. The number of hydrogen-bond acceptors (Lipinski definition) is 4. The predicted molar refractivity (Wildman–Crippen MR) is 87.6 cm³/mol. The van der Waals surface area contributed by atoms with Crippen molar-refractivity contribution in [1.82, 2.24) is 9.97 Å². The first-order chi connectivity index (χ1) is 10.3. The van der Waals surface area contributed by atoms with E-state index in [0.29, 0.717) is 10.8 Å². The molecule has 1 saturated heterocycles. The van der Waals surface area contributed by atoms with E-state index in [1.54, 1.807) is 6.20 Å². The topological polar surface area (TPSA) is 55.0 Å². The van der Waals surface area contributed by atoms with Gasteiger partial charge in [-0.3, -0.25) is 0 Å². The van der Waals surface area contributed by atoms with Crippen LogP contribution >= 0.6 is 11.6 Å². The van der Waals surface area contributed by atoms with E-state index >= 15 is 0 Å². The Hall–Kier alpha value is -1.81. The number of nitrogen functional groups attached to an aromatic ring is 1. The molecule has 1 aromatic carbocycles. The second-order valence-electron chi connectivity index (χ2n) is 5.35. The van der Waals surface area contributed by atoms with Gasteiger partial charge in [0.15, 0.2) is 0 Å². The molecule has 0 spiro atoms. The lowest BCUT2D eigenvalue weighted by Crippen LogP contribution is -2.26. The minimum atomic E-state index is 0.484. The molecule has 2 heterocycles. The molecule has 21 heavy (non-hydrogen) atoms. The van der Waals surface area contributed by atoms with E-state index in [-0.39, 0.29) is 0 Å². The predicted octanol–water partition coefficient (Wildman–Crippen LogP) is 3.76. The maximum Gasteiger partial charge on any atom is 0.227 e. The number of rotatable bonds is 2. The SMILES string of the molecule is Nc1nc(N2CCCCCC2)ncc1-c1ccccc1Cl. The third-order valence-electron chi connectivity index (χ3n) is 3.86. The monoisotopic (exact) mass is 302 g/mol. The zero-order valence-corrected chi connectivity index (χ0v) is 12.7. The molecule has 1 fully saturated rings. The minimum Gasteiger partial charge on any atom is -0.383 e. The van der Waals surface area contributed by atoms with Crippen molar-refractivity contribution in [3.05, 3.63) is 35.5 Å². The zero-order chi connectivity index (χ0) is 14.7. The van der Waals surface area contributed by atoms with Crippen molar-refractivity contribution >= 4 is 23.4 Å². The van der Waals surface area contributed by atoms with Crippen LogP contribution in [0, 0.1) is 0 Å². The highest BCUT2D eigenvalue weighted by atomic mass is 35.5. The summed E-state index contributed by atoms with van der Waals surface area (Å²) < 4.78 is 0. The average molecular weight is 303 g/mol. The van der Waals surface area contributed by atoms with E-state index in [1.807, 2.05) is 24.3 Å². The molecule has 0 amide bonds. The van der Waals surface area contributed by atoms with Gasteiger partial charge in [0.1, 0.15) is 5.82 Å². The first-order valence-corrected chi connectivity index (χ1v) is 7.76. The van der Waals surface area contributed by atoms with Gasteiger partial charge in [-0.05, 0) is 18.9 Å². The Morgan fingerprint density at radius 1 is 1.00 bits per heavy atom. The van der Waals surface area contributed by atoms with Gasteiger partial charge in [0.2, 0.25) is 5.95 Å². The summed E-state index contributed by atoms with van der Waals surface area (Å²) >= 11 is 6.22. The molecule has 1 aromatic heterocycles. The molecule has 1 aliphatic rings. The Labute approximate surface area is 130 Å². The van der Waals surface area contributed by atoms with Crippen molar-refractivity contribution < 1.29 is 0 Å². The first-order valence-electron chi connectivity index (χ1n) is 7.38. The Morgan fingerprint density at radius 2 is 1.71 bits per heavy atom. The van der Waals surface area contributed by atoms with Crippen molar-refractivity contribution in [1.29, 1.82) is 0 Å². The normalized spacial score (nSPS) is 15.8. The van der Waals surface area contributed by atoms with Crippen LogP contribution in [-0.2, 0) is 0 Å². The summed E-state index contributed by atoms with van der Waals surface area (Å²) in [7, 11) is 0. The van der Waals surface area contributed by atoms with Crippen molar-refractivity contribution in [2.75, 3.05) is 23.7 Å². The Balaban J connectivity index is 1.91. The second-order valence-corrected chi connectivity index (χ2v) is 5.76. The van der Waals surface area contributed by atoms with Gasteiger partial charge in [0, 0.05) is 35.4 Å².